The first kappa shape index (κ1) is 24.8. The van der Waals surface area contributed by atoms with Crippen LogP contribution in [0.25, 0.3) is 0 Å². The molecule has 0 saturated heterocycles. The molecule has 2 aromatic carbocycles. The van der Waals surface area contributed by atoms with E-state index in [0.29, 0.717) is 0 Å². The second kappa shape index (κ2) is 16.0. The van der Waals surface area contributed by atoms with Gasteiger partial charge >= 0.3 is 21.7 Å². The fourth-order valence-electron chi connectivity index (χ4n) is 1.50. The third-order valence-corrected chi connectivity index (χ3v) is 2.63. The summed E-state index contributed by atoms with van der Waals surface area (Å²) in [5, 5.41) is 0. The minimum atomic E-state index is -0.662. The van der Waals surface area contributed by atoms with Crippen LogP contribution in [0.4, 0.5) is 17.6 Å². The Morgan fingerprint density at radius 1 is 0.667 bits per heavy atom. The molecule has 0 atom stereocenters. The Balaban J connectivity index is 0.000000337. The average molecular weight is 404 g/mol. The van der Waals surface area contributed by atoms with Gasteiger partial charge in [0.2, 0.25) is 0 Å². The van der Waals surface area contributed by atoms with E-state index in [1.807, 2.05) is 24.3 Å². The van der Waals surface area contributed by atoms with Gasteiger partial charge in [-0.05, 0) is 0 Å². The van der Waals surface area contributed by atoms with Crippen molar-refractivity contribution in [2.24, 2.45) is 0 Å². The van der Waals surface area contributed by atoms with Crippen molar-refractivity contribution in [1.29, 1.82) is 0 Å². The summed E-state index contributed by atoms with van der Waals surface area (Å²) in [5.74, 6) is -2.46. The predicted octanol–water partition coefficient (Wildman–Crippen LogP) is 6.14. The van der Waals surface area contributed by atoms with Gasteiger partial charge in [-0.1, -0.05) is 0 Å². The van der Waals surface area contributed by atoms with Gasteiger partial charge in [-0.25, -0.2) is 41.9 Å². The van der Waals surface area contributed by atoms with Gasteiger partial charge in [-0.15, -0.1) is 49.2 Å². The van der Waals surface area contributed by atoms with E-state index in [1.165, 1.54) is 12.1 Å². The first-order valence-electron chi connectivity index (χ1n) is 7.67. The van der Waals surface area contributed by atoms with E-state index in [0.717, 1.165) is 37.1 Å². The number of hydrogen-bond acceptors (Lipinski definition) is 0. The van der Waals surface area contributed by atoms with Gasteiger partial charge in [-0.3, -0.25) is 12.2 Å². The number of halogens is 4. The van der Waals surface area contributed by atoms with E-state index in [9.17, 15) is 17.6 Å². The van der Waals surface area contributed by atoms with E-state index in [2.05, 4.69) is 36.4 Å². The van der Waals surface area contributed by atoms with Gasteiger partial charge in [0, 0.05) is 23.3 Å². The van der Waals surface area contributed by atoms with E-state index in [1.54, 1.807) is 0 Å². The summed E-state index contributed by atoms with van der Waals surface area (Å²) in [4.78, 5) is 0. The normalized spacial score (nSPS) is 12.0. The smallest absolute Gasteiger partial charge is 0.273 e. The number of hydrogen-bond donors (Lipinski definition) is 0. The zero-order chi connectivity index (χ0) is 19.0. The molecule has 0 saturated carbocycles. The predicted molar refractivity (Wildman–Crippen MR) is 93.5 cm³/mol. The van der Waals surface area contributed by atoms with Crippen LogP contribution in [0.1, 0.15) is 12.8 Å². The molecule has 0 aliphatic heterocycles. The molecule has 4 rings (SSSR count). The molecule has 0 amide bonds. The number of rotatable bonds is 0. The van der Waals surface area contributed by atoms with Crippen molar-refractivity contribution in [2.45, 2.75) is 12.8 Å². The molecule has 27 heavy (non-hydrogen) atoms. The number of benzene rings is 2. The second-order valence-corrected chi connectivity index (χ2v) is 4.72. The molecule has 0 bridgehead atoms. The molecule has 5 heteroatoms. The van der Waals surface area contributed by atoms with E-state index in [-0.39, 0.29) is 21.7 Å². The third kappa shape index (κ3) is 14.7. The Morgan fingerprint density at radius 2 is 1.07 bits per heavy atom. The fourth-order valence-corrected chi connectivity index (χ4v) is 1.50. The van der Waals surface area contributed by atoms with Gasteiger partial charge in [0.25, 0.3) is 0 Å². The molecule has 0 N–H and O–H groups in total. The first-order chi connectivity index (χ1) is 12.6. The SMILES string of the molecule is Fc1[c-]ccc(F)c1.Fc1[c-]ccc(F)c1.[C-]1=CC=CC1.[C-]1=CC=CC1.[Ti+4]. The van der Waals surface area contributed by atoms with Crippen LogP contribution in [-0.4, -0.2) is 0 Å². The molecule has 0 nitrogen and oxygen atoms in total. The van der Waals surface area contributed by atoms with Crippen molar-refractivity contribution in [2.75, 3.05) is 0 Å². The van der Waals surface area contributed by atoms with Crippen LogP contribution in [-0.2, 0) is 21.7 Å². The second-order valence-electron chi connectivity index (χ2n) is 4.72. The van der Waals surface area contributed by atoms with Crippen LogP contribution in [0.3, 0.4) is 0 Å². The molecule has 0 heterocycles. The Bertz CT molecular complexity index is 644. The summed E-state index contributed by atoms with van der Waals surface area (Å²) < 4.78 is 47.6. The quantitative estimate of drug-likeness (QED) is 0.281. The standard InChI is InChI=1S/2C6H3F2.2C5H5.Ti/c2*7-5-2-1-3-6(8)4-5;2*1-2-4-5-3-1;/h2*1-2,4H;2*1-3H,4H2;/q4*-1;+4. The Morgan fingerprint density at radius 3 is 1.22 bits per heavy atom. The van der Waals surface area contributed by atoms with Crippen molar-refractivity contribution in [3.05, 3.63) is 120 Å². The van der Waals surface area contributed by atoms with Gasteiger partial charge in [-0.2, -0.15) is 24.3 Å². The molecule has 0 aromatic heterocycles. The van der Waals surface area contributed by atoms with Crippen molar-refractivity contribution >= 4 is 0 Å². The summed E-state index contributed by atoms with van der Waals surface area (Å²) in [6.45, 7) is 0. The Kier molecular flexibility index (Phi) is 14.8. The van der Waals surface area contributed by atoms with E-state index in [4.69, 9.17) is 0 Å². The first-order valence-corrected chi connectivity index (χ1v) is 7.67. The summed E-state index contributed by atoms with van der Waals surface area (Å²) >= 11 is 0. The maximum absolute atomic E-state index is 11.9. The molecular formula is C22H16F4Ti. The molecule has 0 radical (unpaired) electrons. The van der Waals surface area contributed by atoms with E-state index < -0.39 is 23.3 Å². The maximum Gasteiger partial charge on any atom is 4.00 e. The zero-order valence-electron chi connectivity index (χ0n) is 14.4. The summed E-state index contributed by atoms with van der Waals surface area (Å²) in [6.07, 6.45) is 20.0. The largest absolute Gasteiger partial charge is 4.00 e. The molecule has 136 valence electrons. The fraction of sp³-hybridized carbons (Fsp3) is 0.0909. The van der Waals surface area contributed by atoms with Crippen LogP contribution in [0.15, 0.2) is 72.9 Å². The molecule has 0 spiro atoms. The van der Waals surface area contributed by atoms with Crippen LogP contribution in [0.2, 0.25) is 0 Å². The van der Waals surface area contributed by atoms with Crippen molar-refractivity contribution in [3.63, 3.8) is 0 Å². The third-order valence-electron chi connectivity index (χ3n) is 2.63. The van der Waals surface area contributed by atoms with E-state index >= 15 is 0 Å². The van der Waals surface area contributed by atoms with Crippen LogP contribution in [0.5, 0.6) is 0 Å². The van der Waals surface area contributed by atoms with Gasteiger partial charge < -0.3 is 0 Å². The molecule has 2 aliphatic carbocycles. The van der Waals surface area contributed by atoms with Crippen LogP contribution in [0, 0.1) is 47.6 Å². The van der Waals surface area contributed by atoms with Crippen molar-refractivity contribution in [1.82, 2.24) is 0 Å². The molecule has 0 fully saturated rings. The Hall–Kier alpha value is -2.17. The van der Waals surface area contributed by atoms with Gasteiger partial charge in [0.05, 0.1) is 0 Å². The monoisotopic (exact) mass is 404 g/mol. The zero-order valence-corrected chi connectivity index (χ0v) is 15.9. The number of allylic oxidation sites excluding steroid dienone is 8. The molecular weight excluding hydrogens is 388 g/mol. The minimum Gasteiger partial charge on any atom is -0.273 e. The molecule has 2 aliphatic rings. The van der Waals surface area contributed by atoms with Gasteiger partial charge in [0.1, 0.15) is 0 Å². The molecule has 0 unspecified atom stereocenters. The van der Waals surface area contributed by atoms with Crippen LogP contribution < -0.4 is 0 Å². The summed E-state index contributed by atoms with van der Waals surface area (Å²) in [6, 6.07) is 10.6. The Labute approximate surface area is 172 Å². The van der Waals surface area contributed by atoms with Gasteiger partial charge in [0.15, 0.2) is 0 Å². The van der Waals surface area contributed by atoms with Crippen molar-refractivity contribution in [3.8, 4) is 0 Å². The average Bonchev–Trinajstić information content (AvgIpc) is 3.34. The summed E-state index contributed by atoms with van der Waals surface area (Å²) in [5.41, 5.74) is 0. The molecule has 2 aromatic rings. The summed E-state index contributed by atoms with van der Waals surface area (Å²) in [7, 11) is 0. The maximum atomic E-state index is 11.9. The topological polar surface area (TPSA) is 0 Å². The minimum absolute atomic E-state index is 0. The van der Waals surface area contributed by atoms with Crippen LogP contribution >= 0.6 is 0 Å². The van der Waals surface area contributed by atoms with Crippen molar-refractivity contribution < 1.29 is 39.3 Å².